The largest absolute Gasteiger partial charge is 0.409 e. The zero-order valence-electron chi connectivity index (χ0n) is 8.80. The lowest BCUT2D eigenvalue weighted by Gasteiger charge is -2.09. The van der Waals surface area contributed by atoms with Crippen LogP contribution in [-0.4, -0.2) is 17.6 Å². The van der Waals surface area contributed by atoms with Crippen LogP contribution in [0, 0.1) is 18.6 Å². The molecule has 0 fully saturated rings. The SMILES string of the molecule is Cc1ccc(F)c(NCC/C(N)=N/O)c1F. The molecule has 0 saturated carbocycles. The quantitative estimate of drug-likeness (QED) is 0.319. The first-order chi connectivity index (χ1) is 7.56. The highest BCUT2D eigenvalue weighted by Gasteiger charge is 2.10. The molecule has 1 aromatic carbocycles. The van der Waals surface area contributed by atoms with E-state index in [1.165, 1.54) is 12.1 Å². The van der Waals surface area contributed by atoms with E-state index in [1.807, 2.05) is 0 Å². The molecule has 0 bridgehead atoms. The van der Waals surface area contributed by atoms with Gasteiger partial charge < -0.3 is 16.3 Å². The first-order valence-corrected chi connectivity index (χ1v) is 4.71. The third-order valence-corrected chi connectivity index (χ3v) is 2.10. The van der Waals surface area contributed by atoms with E-state index in [0.29, 0.717) is 5.56 Å². The fourth-order valence-corrected chi connectivity index (χ4v) is 1.18. The molecule has 0 heterocycles. The number of halogens is 2. The predicted octanol–water partition coefficient (Wildman–Crippen LogP) is 1.82. The van der Waals surface area contributed by atoms with Crippen molar-refractivity contribution in [2.75, 3.05) is 11.9 Å². The van der Waals surface area contributed by atoms with Gasteiger partial charge in [0.05, 0.1) is 0 Å². The van der Waals surface area contributed by atoms with Gasteiger partial charge in [-0.3, -0.25) is 0 Å². The summed E-state index contributed by atoms with van der Waals surface area (Å²) in [6.07, 6.45) is 0.198. The van der Waals surface area contributed by atoms with Gasteiger partial charge in [0, 0.05) is 13.0 Å². The third kappa shape index (κ3) is 2.82. The molecule has 0 aliphatic carbocycles. The summed E-state index contributed by atoms with van der Waals surface area (Å²) in [5.74, 6) is -1.29. The van der Waals surface area contributed by atoms with Gasteiger partial charge in [-0.1, -0.05) is 11.2 Å². The molecule has 0 atom stereocenters. The first kappa shape index (κ1) is 12.2. The summed E-state index contributed by atoms with van der Waals surface area (Å²) in [6.45, 7) is 1.73. The van der Waals surface area contributed by atoms with E-state index in [0.717, 1.165) is 0 Å². The summed E-state index contributed by atoms with van der Waals surface area (Å²) in [5.41, 5.74) is 5.38. The molecule has 16 heavy (non-hydrogen) atoms. The second-order valence-corrected chi connectivity index (χ2v) is 3.32. The van der Waals surface area contributed by atoms with Gasteiger partial charge in [0.1, 0.15) is 17.3 Å². The number of nitrogens with one attached hydrogen (secondary N) is 1. The van der Waals surface area contributed by atoms with Gasteiger partial charge in [0.15, 0.2) is 5.82 Å². The van der Waals surface area contributed by atoms with E-state index in [-0.39, 0.29) is 24.5 Å². The Morgan fingerprint density at radius 3 is 2.81 bits per heavy atom. The lowest BCUT2D eigenvalue weighted by atomic mass is 10.2. The minimum Gasteiger partial charge on any atom is -0.409 e. The van der Waals surface area contributed by atoms with Gasteiger partial charge in [0.2, 0.25) is 0 Å². The van der Waals surface area contributed by atoms with Crippen molar-refractivity contribution in [3.05, 3.63) is 29.3 Å². The standard InChI is InChI=1S/C10H13F2N3O/c1-6-2-3-7(11)10(9(6)12)14-5-4-8(13)15-16/h2-3,14,16H,4-5H2,1H3,(H2,13,15). The number of rotatable bonds is 4. The average Bonchev–Trinajstić information content (AvgIpc) is 2.28. The Hall–Kier alpha value is -1.85. The van der Waals surface area contributed by atoms with Crippen molar-refractivity contribution < 1.29 is 14.0 Å². The monoisotopic (exact) mass is 229 g/mol. The second kappa shape index (κ2) is 5.29. The number of nitrogens with two attached hydrogens (primary N) is 1. The number of aryl methyl sites for hydroxylation is 1. The van der Waals surface area contributed by atoms with Crippen molar-refractivity contribution in [2.45, 2.75) is 13.3 Å². The molecule has 4 N–H and O–H groups in total. The Bertz CT molecular complexity index is 407. The Balaban J connectivity index is 2.70. The summed E-state index contributed by atoms with van der Waals surface area (Å²) in [6, 6.07) is 2.55. The highest BCUT2D eigenvalue weighted by Crippen LogP contribution is 2.21. The van der Waals surface area contributed by atoms with Crippen LogP contribution in [-0.2, 0) is 0 Å². The fourth-order valence-electron chi connectivity index (χ4n) is 1.18. The maximum Gasteiger partial charge on any atom is 0.152 e. The molecule has 0 aromatic heterocycles. The van der Waals surface area contributed by atoms with E-state index >= 15 is 0 Å². The van der Waals surface area contributed by atoms with Gasteiger partial charge in [-0.2, -0.15) is 0 Å². The van der Waals surface area contributed by atoms with Crippen molar-refractivity contribution in [3.8, 4) is 0 Å². The summed E-state index contributed by atoms with van der Waals surface area (Å²) >= 11 is 0. The van der Waals surface area contributed by atoms with Crippen LogP contribution in [0.5, 0.6) is 0 Å². The lowest BCUT2D eigenvalue weighted by Crippen LogP contribution is -2.17. The molecule has 6 heteroatoms. The van der Waals surface area contributed by atoms with Crippen LogP contribution < -0.4 is 11.1 Å². The highest BCUT2D eigenvalue weighted by atomic mass is 19.1. The molecule has 0 amide bonds. The van der Waals surface area contributed by atoms with E-state index in [9.17, 15) is 8.78 Å². The van der Waals surface area contributed by atoms with Crippen LogP contribution in [0.25, 0.3) is 0 Å². The minimum absolute atomic E-state index is 0.000898. The molecule has 88 valence electrons. The van der Waals surface area contributed by atoms with Crippen LogP contribution in [0.1, 0.15) is 12.0 Å². The zero-order valence-corrected chi connectivity index (χ0v) is 8.80. The number of amidine groups is 1. The molecular weight excluding hydrogens is 216 g/mol. The molecule has 0 aliphatic heterocycles. The van der Waals surface area contributed by atoms with Crippen molar-refractivity contribution >= 4 is 11.5 Å². The van der Waals surface area contributed by atoms with E-state index in [1.54, 1.807) is 6.92 Å². The normalized spacial score (nSPS) is 11.6. The Kier molecular flexibility index (Phi) is 4.04. The van der Waals surface area contributed by atoms with Gasteiger partial charge in [-0.25, -0.2) is 8.78 Å². The van der Waals surface area contributed by atoms with E-state index in [2.05, 4.69) is 10.5 Å². The number of benzene rings is 1. The summed E-state index contributed by atoms with van der Waals surface area (Å²) in [7, 11) is 0. The number of anilines is 1. The topological polar surface area (TPSA) is 70.6 Å². The molecule has 1 aromatic rings. The predicted molar refractivity (Wildman–Crippen MR) is 57.6 cm³/mol. The van der Waals surface area contributed by atoms with Gasteiger partial charge >= 0.3 is 0 Å². The maximum atomic E-state index is 13.5. The highest BCUT2D eigenvalue weighted by molar-refractivity contribution is 5.80. The maximum absolute atomic E-state index is 13.5. The summed E-state index contributed by atoms with van der Waals surface area (Å²) in [5, 5.41) is 13.6. The fraction of sp³-hybridized carbons (Fsp3) is 0.300. The van der Waals surface area contributed by atoms with Gasteiger partial charge in [-0.15, -0.1) is 0 Å². The Morgan fingerprint density at radius 2 is 2.19 bits per heavy atom. The smallest absolute Gasteiger partial charge is 0.152 e. The van der Waals surface area contributed by atoms with Crippen LogP contribution in [0.4, 0.5) is 14.5 Å². The van der Waals surface area contributed by atoms with Crippen LogP contribution >= 0.6 is 0 Å². The van der Waals surface area contributed by atoms with Crippen molar-refractivity contribution in [1.82, 2.24) is 0 Å². The molecule has 0 aliphatic rings. The van der Waals surface area contributed by atoms with Gasteiger partial charge in [-0.05, 0) is 18.6 Å². The van der Waals surface area contributed by atoms with E-state index in [4.69, 9.17) is 10.9 Å². The second-order valence-electron chi connectivity index (χ2n) is 3.32. The lowest BCUT2D eigenvalue weighted by molar-refractivity contribution is 0.317. The van der Waals surface area contributed by atoms with Gasteiger partial charge in [0.25, 0.3) is 0 Å². The third-order valence-electron chi connectivity index (χ3n) is 2.10. The number of oxime groups is 1. The molecule has 1 rings (SSSR count). The van der Waals surface area contributed by atoms with Crippen LogP contribution in [0.15, 0.2) is 17.3 Å². The van der Waals surface area contributed by atoms with Crippen LogP contribution in [0.2, 0.25) is 0 Å². The Labute approximate surface area is 91.8 Å². The number of nitrogens with zero attached hydrogens (tertiary/aromatic N) is 1. The molecule has 0 saturated heterocycles. The molecular formula is C10H13F2N3O. The molecule has 4 nitrogen and oxygen atoms in total. The minimum atomic E-state index is -0.664. The summed E-state index contributed by atoms with van der Waals surface area (Å²) in [4.78, 5) is 0. The van der Waals surface area contributed by atoms with Crippen molar-refractivity contribution in [2.24, 2.45) is 10.9 Å². The van der Waals surface area contributed by atoms with Crippen molar-refractivity contribution in [1.29, 1.82) is 0 Å². The average molecular weight is 229 g/mol. The molecule has 0 unspecified atom stereocenters. The Morgan fingerprint density at radius 1 is 1.50 bits per heavy atom. The van der Waals surface area contributed by atoms with Crippen molar-refractivity contribution in [3.63, 3.8) is 0 Å². The first-order valence-electron chi connectivity index (χ1n) is 4.71. The van der Waals surface area contributed by atoms with E-state index < -0.39 is 11.6 Å². The van der Waals surface area contributed by atoms with Crippen LogP contribution in [0.3, 0.4) is 0 Å². The zero-order chi connectivity index (χ0) is 12.1. The number of hydrogen-bond donors (Lipinski definition) is 3. The molecule has 0 spiro atoms. The molecule has 0 radical (unpaired) electrons. The number of hydrogen-bond acceptors (Lipinski definition) is 3. The summed E-state index contributed by atoms with van der Waals surface area (Å²) < 4.78 is 26.7.